The first kappa shape index (κ1) is 19.8. The number of fused-ring (bicyclic) bond motifs is 1. The second-order valence-electron chi connectivity index (χ2n) is 7.10. The molecular weight excluding hydrogens is 382 g/mol. The van der Waals surface area contributed by atoms with E-state index in [2.05, 4.69) is 20.7 Å². The molecule has 0 fully saturated rings. The summed E-state index contributed by atoms with van der Waals surface area (Å²) in [6.07, 6.45) is 1.14. The molecule has 1 aromatic heterocycles. The molecule has 0 aliphatic carbocycles. The van der Waals surface area contributed by atoms with E-state index in [4.69, 9.17) is 9.47 Å². The van der Waals surface area contributed by atoms with Crippen LogP contribution < -0.4 is 20.1 Å². The monoisotopic (exact) mass is 407 g/mol. The predicted molar refractivity (Wildman–Crippen MR) is 114 cm³/mol. The van der Waals surface area contributed by atoms with Gasteiger partial charge in [-0.1, -0.05) is 31.2 Å². The van der Waals surface area contributed by atoms with E-state index in [1.807, 2.05) is 53.2 Å². The molecule has 8 heteroatoms. The Balaban J connectivity index is 1.70. The topological polar surface area (TPSA) is 90.3 Å². The van der Waals surface area contributed by atoms with Crippen LogP contribution in [-0.4, -0.2) is 34.9 Å². The molecular formula is C22H25N5O3. The maximum Gasteiger partial charge on any atom is 0.250 e. The molecule has 1 aliphatic rings. The number of hydrogen-bond acceptors (Lipinski definition) is 6. The van der Waals surface area contributed by atoms with Crippen molar-refractivity contribution < 1.29 is 14.3 Å². The largest absolute Gasteiger partial charge is 0.497 e. The SMILES string of the molecule is CCC(=O)Nc1nc2n(n1)[C@H](c1ccc(OC)cc1)C[C@@H](c1ccc(OC)cc1)N2. The van der Waals surface area contributed by atoms with Crippen molar-refractivity contribution >= 4 is 17.8 Å². The van der Waals surface area contributed by atoms with Crippen LogP contribution in [0.1, 0.15) is 43.0 Å². The lowest BCUT2D eigenvalue weighted by Gasteiger charge is -2.31. The van der Waals surface area contributed by atoms with E-state index in [1.54, 1.807) is 21.1 Å². The van der Waals surface area contributed by atoms with Gasteiger partial charge in [-0.15, -0.1) is 5.10 Å². The van der Waals surface area contributed by atoms with Crippen LogP contribution in [0.15, 0.2) is 48.5 Å². The van der Waals surface area contributed by atoms with Gasteiger partial charge in [0.15, 0.2) is 0 Å². The zero-order valence-electron chi connectivity index (χ0n) is 17.3. The van der Waals surface area contributed by atoms with Crippen molar-refractivity contribution in [3.05, 3.63) is 59.7 Å². The maximum atomic E-state index is 11.8. The van der Waals surface area contributed by atoms with Crippen molar-refractivity contribution in [1.82, 2.24) is 14.8 Å². The highest BCUT2D eigenvalue weighted by Gasteiger charge is 2.31. The number of amides is 1. The molecule has 0 spiro atoms. The zero-order valence-corrected chi connectivity index (χ0v) is 17.3. The lowest BCUT2D eigenvalue weighted by molar-refractivity contribution is -0.115. The number of carbonyl (C=O) groups is 1. The van der Waals surface area contributed by atoms with Gasteiger partial charge in [0.1, 0.15) is 11.5 Å². The standard InChI is InChI=1S/C22H25N5O3/c1-4-20(28)24-21-25-22-23-18(14-5-9-16(29-2)10-6-14)13-19(27(22)26-21)15-7-11-17(30-3)12-8-15/h5-12,18-19H,4,13H2,1-3H3,(H2,23,24,25,26,28)/t18-,19-/m0/s1. The molecule has 3 aromatic rings. The van der Waals surface area contributed by atoms with E-state index >= 15 is 0 Å². The average molecular weight is 407 g/mol. The Kier molecular flexibility index (Phi) is 5.56. The first-order chi connectivity index (χ1) is 14.6. The molecule has 0 saturated heterocycles. The quantitative estimate of drug-likeness (QED) is 0.646. The predicted octanol–water partition coefficient (Wildman–Crippen LogP) is 3.79. The number of rotatable bonds is 6. The minimum atomic E-state index is -0.120. The van der Waals surface area contributed by atoms with Crippen LogP contribution in [0.3, 0.4) is 0 Å². The van der Waals surface area contributed by atoms with Crippen molar-refractivity contribution in [2.45, 2.75) is 31.8 Å². The fourth-order valence-corrected chi connectivity index (χ4v) is 3.60. The van der Waals surface area contributed by atoms with Crippen molar-refractivity contribution in [3.63, 3.8) is 0 Å². The van der Waals surface area contributed by atoms with E-state index in [-0.39, 0.29) is 18.0 Å². The highest BCUT2D eigenvalue weighted by atomic mass is 16.5. The Morgan fingerprint density at radius 2 is 1.67 bits per heavy atom. The van der Waals surface area contributed by atoms with Gasteiger partial charge in [0, 0.05) is 6.42 Å². The lowest BCUT2D eigenvalue weighted by atomic mass is 9.93. The van der Waals surface area contributed by atoms with Gasteiger partial charge in [-0.25, -0.2) is 4.68 Å². The number of anilines is 2. The van der Waals surface area contributed by atoms with Gasteiger partial charge >= 0.3 is 0 Å². The summed E-state index contributed by atoms with van der Waals surface area (Å²) in [6.45, 7) is 1.80. The minimum absolute atomic E-state index is 0.0365. The molecule has 0 bridgehead atoms. The van der Waals surface area contributed by atoms with Crippen LogP contribution in [0.2, 0.25) is 0 Å². The van der Waals surface area contributed by atoms with Crippen LogP contribution >= 0.6 is 0 Å². The molecule has 8 nitrogen and oxygen atoms in total. The highest BCUT2D eigenvalue weighted by Crippen LogP contribution is 2.38. The number of ether oxygens (including phenoxy) is 2. The van der Waals surface area contributed by atoms with E-state index < -0.39 is 0 Å². The van der Waals surface area contributed by atoms with Gasteiger partial charge in [-0.2, -0.15) is 4.98 Å². The number of benzene rings is 2. The smallest absolute Gasteiger partial charge is 0.250 e. The average Bonchev–Trinajstić information content (AvgIpc) is 3.20. The van der Waals surface area contributed by atoms with Gasteiger partial charge in [-0.3, -0.25) is 10.1 Å². The van der Waals surface area contributed by atoms with Crippen molar-refractivity contribution in [2.24, 2.45) is 0 Å². The number of nitrogens with one attached hydrogen (secondary N) is 2. The third kappa shape index (κ3) is 3.94. The number of hydrogen-bond donors (Lipinski definition) is 2. The fraction of sp³-hybridized carbons (Fsp3) is 0.318. The molecule has 2 heterocycles. The third-order valence-electron chi connectivity index (χ3n) is 5.28. The summed E-state index contributed by atoms with van der Waals surface area (Å²) in [5, 5.41) is 10.8. The molecule has 2 atom stereocenters. The van der Waals surface area contributed by atoms with Crippen LogP contribution in [-0.2, 0) is 4.79 Å². The summed E-state index contributed by atoms with van der Waals surface area (Å²) >= 11 is 0. The van der Waals surface area contributed by atoms with Crippen LogP contribution in [0, 0.1) is 0 Å². The fourth-order valence-electron chi connectivity index (χ4n) is 3.60. The summed E-state index contributed by atoms with van der Waals surface area (Å²) in [7, 11) is 3.31. The molecule has 0 radical (unpaired) electrons. The first-order valence-electron chi connectivity index (χ1n) is 9.92. The van der Waals surface area contributed by atoms with Gasteiger partial charge in [0.25, 0.3) is 5.95 Å². The molecule has 0 saturated carbocycles. The second-order valence-corrected chi connectivity index (χ2v) is 7.10. The zero-order chi connectivity index (χ0) is 21.1. The Labute approximate surface area is 175 Å². The molecule has 2 aromatic carbocycles. The number of nitrogens with zero attached hydrogens (tertiary/aromatic N) is 3. The summed E-state index contributed by atoms with van der Waals surface area (Å²) in [5.41, 5.74) is 2.22. The minimum Gasteiger partial charge on any atom is -0.497 e. The van der Waals surface area contributed by atoms with Crippen molar-refractivity contribution in [3.8, 4) is 11.5 Å². The number of carbonyl (C=O) groups excluding carboxylic acids is 1. The van der Waals surface area contributed by atoms with Crippen LogP contribution in [0.5, 0.6) is 11.5 Å². The van der Waals surface area contributed by atoms with E-state index in [0.29, 0.717) is 18.3 Å². The summed E-state index contributed by atoms with van der Waals surface area (Å²) in [4.78, 5) is 16.3. The third-order valence-corrected chi connectivity index (χ3v) is 5.28. The van der Waals surface area contributed by atoms with Gasteiger partial charge in [-0.05, 0) is 41.8 Å². The number of aromatic nitrogens is 3. The van der Waals surface area contributed by atoms with Gasteiger partial charge in [0.2, 0.25) is 11.9 Å². The Hall–Kier alpha value is -3.55. The van der Waals surface area contributed by atoms with E-state index in [0.717, 1.165) is 29.0 Å². The normalized spacial score (nSPS) is 17.6. The molecule has 1 aliphatic heterocycles. The number of methoxy groups -OCH3 is 2. The van der Waals surface area contributed by atoms with Crippen LogP contribution in [0.25, 0.3) is 0 Å². The Bertz CT molecular complexity index is 1010. The second kappa shape index (κ2) is 8.44. The van der Waals surface area contributed by atoms with Crippen LogP contribution in [0.4, 0.5) is 11.9 Å². The summed E-state index contributed by atoms with van der Waals surface area (Å²) < 4.78 is 12.4. The Morgan fingerprint density at radius 3 is 2.23 bits per heavy atom. The molecule has 30 heavy (non-hydrogen) atoms. The van der Waals surface area contributed by atoms with E-state index in [1.165, 1.54) is 0 Å². The van der Waals surface area contributed by atoms with Gasteiger partial charge in [0.05, 0.1) is 26.3 Å². The summed E-state index contributed by atoms with van der Waals surface area (Å²) in [5.74, 6) is 2.42. The summed E-state index contributed by atoms with van der Waals surface area (Å²) in [6, 6.07) is 15.9. The lowest BCUT2D eigenvalue weighted by Crippen LogP contribution is -2.28. The van der Waals surface area contributed by atoms with Crippen molar-refractivity contribution in [2.75, 3.05) is 24.9 Å². The van der Waals surface area contributed by atoms with Crippen molar-refractivity contribution in [1.29, 1.82) is 0 Å². The first-order valence-corrected chi connectivity index (χ1v) is 9.92. The Morgan fingerprint density at radius 1 is 1.07 bits per heavy atom. The molecule has 156 valence electrons. The van der Waals surface area contributed by atoms with Gasteiger partial charge < -0.3 is 14.8 Å². The molecule has 2 N–H and O–H groups in total. The van der Waals surface area contributed by atoms with E-state index in [9.17, 15) is 4.79 Å². The highest BCUT2D eigenvalue weighted by molar-refractivity contribution is 5.88. The molecule has 0 unspecified atom stereocenters. The molecule has 1 amide bonds. The maximum absolute atomic E-state index is 11.8. The molecule has 4 rings (SSSR count).